The van der Waals surface area contributed by atoms with Crippen molar-refractivity contribution in [3.8, 4) is 28.3 Å². The Bertz CT molecular complexity index is 3810. The summed E-state index contributed by atoms with van der Waals surface area (Å²) in [6.07, 6.45) is 0. The molecule has 0 aliphatic rings. The molecular weight excluding hydrogens is 699 g/mol. The minimum absolute atomic E-state index is 0.587. The summed E-state index contributed by atoms with van der Waals surface area (Å²) in [5, 5.41) is 12.2. The van der Waals surface area contributed by atoms with Gasteiger partial charge < -0.3 is 8.83 Å². The highest BCUT2D eigenvalue weighted by Crippen LogP contribution is 2.49. The Kier molecular flexibility index (Phi) is 6.10. The molecular formula is C52H29N3O2. The maximum Gasteiger partial charge on any atom is 0.235 e. The van der Waals surface area contributed by atoms with E-state index in [4.69, 9.17) is 18.8 Å². The Labute approximate surface area is 324 Å². The van der Waals surface area contributed by atoms with Crippen molar-refractivity contribution < 1.29 is 8.83 Å². The normalized spacial score (nSPS) is 12.2. The predicted octanol–water partition coefficient (Wildman–Crippen LogP) is 14.2. The van der Waals surface area contributed by atoms with Crippen LogP contribution in [0, 0.1) is 0 Å². The van der Waals surface area contributed by atoms with Crippen LogP contribution in [0.3, 0.4) is 0 Å². The Morgan fingerprint density at radius 2 is 1.04 bits per heavy atom. The highest BCUT2D eigenvalue weighted by Gasteiger charge is 2.26. The van der Waals surface area contributed by atoms with Gasteiger partial charge in [0, 0.05) is 48.7 Å². The molecule has 0 atom stereocenters. The number of furan rings is 2. The zero-order valence-corrected chi connectivity index (χ0v) is 30.4. The molecule has 0 bridgehead atoms. The van der Waals surface area contributed by atoms with Gasteiger partial charge in [0.2, 0.25) is 5.95 Å². The van der Waals surface area contributed by atoms with Crippen molar-refractivity contribution in [3.63, 3.8) is 0 Å². The lowest BCUT2D eigenvalue weighted by Crippen LogP contribution is -2.03. The van der Waals surface area contributed by atoms with Crippen LogP contribution in [0.1, 0.15) is 0 Å². The second-order valence-corrected chi connectivity index (χ2v) is 14.8. The van der Waals surface area contributed by atoms with Gasteiger partial charge >= 0.3 is 0 Å². The van der Waals surface area contributed by atoms with Crippen LogP contribution in [-0.2, 0) is 0 Å². The molecule has 0 aliphatic heterocycles. The molecule has 13 rings (SSSR count). The van der Waals surface area contributed by atoms with Crippen LogP contribution in [-0.4, -0.2) is 14.5 Å². The van der Waals surface area contributed by atoms with Gasteiger partial charge in [-0.1, -0.05) is 140 Å². The quantitative estimate of drug-likeness (QED) is 0.182. The zero-order chi connectivity index (χ0) is 37.2. The van der Waals surface area contributed by atoms with E-state index in [1.807, 2.05) is 24.3 Å². The van der Waals surface area contributed by atoms with Crippen molar-refractivity contribution in [2.24, 2.45) is 0 Å². The van der Waals surface area contributed by atoms with Gasteiger partial charge in [-0.2, -0.15) is 0 Å². The fourth-order valence-corrected chi connectivity index (χ4v) is 9.35. The van der Waals surface area contributed by atoms with Crippen molar-refractivity contribution in [2.75, 3.05) is 0 Å². The fraction of sp³-hybridized carbons (Fsp3) is 0. The number of nitrogens with zero attached hydrogens (tertiary/aromatic N) is 3. The first kappa shape index (κ1) is 30.6. The molecule has 264 valence electrons. The summed E-state index contributed by atoms with van der Waals surface area (Å²) in [7, 11) is 0. The first-order chi connectivity index (χ1) is 28.3. The third-order valence-electron chi connectivity index (χ3n) is 11.8. The number of hydrogen-bond acceptors (Lipinski definition) is 4. The first-order valence-corrected chi connectivity index (χ1v) is 19.2. The molecule has 5 heteroatoms. The van der Waals surface area contributed by atoms with E-state index in [2.05, 4.69) is 156 Å². The van der Waals surface area contributed by atoms with Gasteiger partial charge in [0.1, 0.15) is 22.3 Å². The fourth-order valence-electron chi connectivity index (χ4n) is 9.35. The molecule has 9 aromatic carbocycles. The summed E-state index contributed by atoms with van der Waals surface area (Å²) in [6, 6.07) is 61.7. The molecule has 0 aliphatic carbocycles. The van der Waals surface area contributed by atoms with Crippen LogP contribution >= 0.6 is 0 Å². The van der Waals surface area contributed by atoms with E-state index < -0.39 is 0 Å². The van der Waals surface area contributed by atoms with Crippen LogP contribution in [0.2, 0.25) is 0 Å². The van der Waals surface area contributed by atoms with Crippen molar-refractivity contribution in [1.29, 1.82) is 0 Å². The van der Waals surface area contributed by atoms with Gasteiger partial charge in [-0.15, -0.1) is 0 Å². The molecule has 4 aromatic heterocycles. The molecule has 0 N–H and O–H groups in total. The van der Waals surface area contributed by atoms with Gasteiger partial charge in [0.25, 0.3) is 0 Å². The molecule has 0 radical (unpaired) electrons. The Balaban J connectivity index is 1.14. The van der Waals surface area contributed by atoms with Crippen LogP contribution in [0.4, 0.5) is 0 Å². The van der Waals surface area contributed by atoms with Gasteiger partial charge in [0.15, 0.2) is 5.58 Å². The topological polar surface area (TPSA) is 57.0 Å². The molecule has 0 saturated carbocycles. The summed E-state index contributed by atoms with van der Waals surface area (Å²) in [6.45, 7) is 0. The average molecular weight is 728 g/mol. The number of fused-ring (bicyclic) bond motifs is 16. The predicted molar refractivity (Wildman–Crippen MR) is 234 cm³/mol. The van der Waals surface area contributed by atoms with Gasteiger partial charge in [-0.3, -0.25) is 4.57 Å². The van der Waals surface area contributed by atoms with E-state index in [1.54, 1.807) is 0 Å². The highest BCUT2D eigenvalue weighted by molar-refractivity contribution is 6.40. The SMILES string of the molecule is c1ccc2c(-c3ccc(-c4nc(-n5c6ccccc6c6c7ccc8oc9ccccc9c8c7c7c8ccccc8oc7c65)nc5ccccc45)cc3)cccc2c1. The number of aromatic nitrogens is 3. The number of hydrogen-bond donors (Lipinski definition) is 0. The van der Waals surface area contributed by atoms with Gasteiger partial charge in [-0.25, -0.2) is 9.97 Å². The van der Waals surface area contributed by atoms with Crippen LogP contribution in [0.5, 0.6) is 0 Å². The smallest absolute Gasteiger partial charge is 0.235 e. The first-order valence-electron chi connectivity index (χ1n) is 19.2. The van der Waals surface area contributed by atoms with Gasteiger partial charge in [0.05, 0.1) is 16.7 Å². The Morgan fingerprint density at radius 3 is 1.88 bits per heavy atom. The van der Waals surface area contributed by atoms with Crippen molar-refractivity contribution >= 4 is 98.1 Å². The molecule has 0 fully saturated rings. The molecule has 57 heavy (non-hydrogen) atoms. The summed E-state index contributed by atoms with van der Waals surface area (Å²) in [5.74, 6) is 0.587. The van der Waals surface area contributed by atoms with Crippen molar-refractivity contribution in [1.82, 2.24) is 14.5 Å². The van der Waals surface area contributed by atoms with Crippen molar-refractivity contribution in [2.45, 2.75) is 0 Å². The minimum atomic E-state index is 0.587. The summed E-state index contributed by atoms with van der Waals surface area (Å²) < 4.78 is 15.7. The largest absolute Gasteiger partial charge is 0.456 e. The van der Waals surface area contributed by atoms with Crippen molar-refractivity contribution in [3.05, 3.63) is 176 Å². The third kappa shape index (κ3) is 4.23. The minimum Gasteiger partial charge on any atom is -0.456 e. The van der Waals surface area contributed by atoms with E-state index in [9.17, 15) is 0 Å². The molecule has 0 spiro atoms. The monoisotopic (exact) mass is 727 g/mol. The van der Waals surface area contributed by atoms with Crippen LogP contribution < -0.4 is 0 Å². The van der Waals surface area contributed by atoms with E-state index in [-0.39, 0.29) is 0 Å². The molecule has 0 amide bonds. The number of benzene rings is 9. The lowest BCUT2D eigenvalue weighted by molar-refractivity contribution is 0.669. The van der Waals surface area contributed by atoms with E-state index in [0.29, 0.717) is 5.95 Å². The summed E-state index contributed by atoms with van der Waals surface area (Å²) in [5.41, 5.74) is 10.4. The van der Waals surface area contributed by atoms with E-state index in [1.165, 1.54) is 16.3 Å². The second-order valence-electron chi connectivity index (χ2n) is 14.8. The lowest BCUT2D eigenvalue weighted by atomic mass is 9.95. The molecule has 4 heterocycles. The molecule has 0 unspecified atom stereocenters. The number of rotatable bonds is 3. The lowest BCUT2D eigenvalue weighted by Gasteiger charge is -2.13. The highest BCUT2D eigenvalue weighted by atomic mass is 16.3. The number of para-hydroxylation sites is 4. The molecule has 13 aromatic rings. The summed E-state index contributed by atoms with van der Waals surface area (Å²) >= 11 is 0. The second kappa shape index (κ2) is 11.4. The Morgan fingerprint density at radius 1 is 0.386 bits per heavy atom. The van der Waals surface area contributed by atoms with Gasteiger partial charge in [-0.05, 0) is 63.7 Å². The Hall–Kier alpha value is -7.76. The maximum absolute atomic E-state index is 6.98. The molecule has 0 saturated heterocycles. The van der Waals surface area contributed by atoms with Crippen LogP contribution in [0.25, 0.3) is 126 Å². The van der Waals surface area contributed by atoms with Crippen LogP contribution in [0.15, 0.2) is 185 Å². The summed E-state index contributed by atoms with van der Waals surface area (Å²) in [4.78, 5) is 10.8. The molecule has 5 nitrogen and oxygen atoms in total. The van der Waals surface area contributed by atoms with E-state index >= 15 is 0 Å². The standard InChI is InChI=1S/C52H29N3O2/c1-2-14-33-30(12-1)13-11-19-34(33)31-24-26-32(27-25-31)49-35-15-3-7-20-40(35)53-52(54-49)55-41-21-8-4-16-36(41)45-39-28-29-44-46(37-17-5-9-22-42(37)56-44)47(39)48-38-18-6-10-23-43(38)57-51(48)50(45)55/h1-29H. The average Bonchev–Trinajstić information content (AvgIpc) is 3.96. The maximum atomic E-state index is 6.98. The third-order valence-corrected chi connectivity index (χ3v) is 11.8. The van der Waals surface area contributed by atoms with E-state index in [0.717, 1.165) is 104 Å². The zero-order valence-electron chi connectivity index (χ0n) is 30.4.